The van der Waals surface area contributed by atoms with Crippen molar-refractivity contribution in [3.05, 3.63) is 66.0 Å². The van der Waals surface area contributed by atoms with E-state index >= 15 is 0 Å². The van der Waals surface area contributed by atoms with Crippen LogP contribution in [0.5, 0.6) is 0 Å². The zero-order valence-electron chi connectivity index (χ0n) is 18.7. The highest BCUT2D eigenvalue weighted by Crippen LogP contribution is 2.35. The monoisotopic (exact) mass is 446 g/mol. The molecule has 1 amide bonds. The first-order valence-electron chi connectivity index (χ1n) is 11.2. The number of aromatic amines is 1. The number of rotatable bonds is 4. The lowest BCUT2D eigenvalue weighted by atomic mass is 9.89. The predicted octanol–water partition coefficient (Wildman–Crippen LogP) is 1.76. The number of aromatic nitrogens is 2. The smallest absolute Gasteiger partial charge is 0.222 e. The van der Waals surface area contributed by atoms with Gasteiger partial charge in [-0.25, -0.2) is 5.84 Å². The highest BCUT2D eigenvalue weighted by molar-refractivity contribution is 5.82. The third kappa shape index (κ3) is 3.79. The summed E-state index contributed by atoms with van der Waals surface area (Å²) in [6.45, 7) is 3.27. The maximum Gasteiger partial charge on any atom is 0.222 e. The Morgan fingerprint density at radius 1 is 1.15 bits per heavy atom. The molecule has 2 unspecified atom stereocenters. The molecule has 0 saturated carbocycles. The third-order valence-corrected chi connectivity index (χ3v) is 6.91. The summed E-state index contributed by atoms with van der Waals surface area (Å²) in [5.74, 6) is 6.16. The molecule has 3 atom stereocenters. The van der Waals surface area contributed by atoms with Gasteiger partial charge in [0.25, 0.3) is 0 Å². The number of carbonyl (C=O) groups excluding carboxylic acids is 1. The number of carbonyl (C=O) groups is 1. The zero-order chi connectivity index (χ0) is 23.1. The van der Waals surface area contributed by atoms with Gasteiger partial charge in [0, 0.05) is 29.9 Å². The van der Waals surface area contributed by atoms with Crippen LogP contribution in [-0.2, 0) is 4.79 Å². The van der Waals surface area contributed by atoms with Gasteiger partial charge in [-0.2, -0.15) is 5.10 Å². The van der Waals surface area contributed by atoms with E-state index in [2.05, 4.69) is 45.1 Å². The summed E-state index contributed by atoms with van der Waals surface area (Å²) < 4.78 is 0. The summed E-state index contributed by atoms with van der Waals surface area (Å²) in [5, 5.41) is 9.80. The second kappa shape index (κ2) is 8.42. The molecule has 7 N–H and O–H groups in total. The van der Waals surface area contributed by atoms with Crippen molar-refractivity contribution in [2.75, 3.05) is 22.9 Å². The molecule has 2 aliphatic rings. The molecule has 2 aromatic carbocycles. The summed E-state index contributed by atoms with van der Waals surface area (Å²) in [5.41, 5.74) is 17.4. The minimum Gasteiger partial charge on any atom is -0.369 e. The van der Waals surface area contributed by atoms with Gasteiger partial charge in [-0.1, -0.05) is 18.2 Å². The first kappa shape index (κ1) is 21.3. The van der Waals surface area contributed by atoms with Gasteiger partial charge in [0.1, 0.15) is 0 Å². The van der Waals surface area contributed by atoms with Crippen LogP contribution in [0.1, 0.15) is 18.4 Å². The number of aryl methyl sites for hydroxylation is 1. The molecule has 3 aromatic rings. The Morgan fingerprint density at radius 3 is 2.76 bits per heavy atom. The van der Waals surface area contributed by atoms with Crippen LogP contribution in [-0.4, -0.2) is 46.5 Å². The second-order valence-electron chi connectivity index (χ2n) is 8.88. The van der Waals surface area contributed by atoms with Crippen molar-refractivity contribution in [2.45, 2.75) is 32.1 Å². The van der Waals surface area contributed by atoms with E-state index in [9.17, 15) is 4.79 Å². The first-order valence-corrected chi connectivity index (χ1v) is 11.2. The molecule has 0 spiro atoms. The maximum absolute atomic E-state index is 12.0. The number of fused-ring (bicyclic) bond motifs is 1. The van der Waals surface area contributed by atoms with Gasteiger partial charge in [-0.3, -0.25) is 20.6 Å². The van der Waals surface area contributed by atoms with Crippen LogP contribution in [0.25, 0.3) is 10.9 Å². The molecule has 3 heterocycles. The van der Waals surface area contributed by atoms with Crippen molar-refractivity contribution < 1.29 is 4.79 Å². The standard InChI is InChI=1S/C24H30N8O/c1-15-4-2-3-5-20(15)31-14-17(23(25)33)7-9-21(31)22-10-11-30(24(26)32(22)27)18-8-6-16-13-28-29-19(16)12-18/h2-6,8,10,12-13,17,21,24H,7,9,11,14,26-27H2,1H3,(H2,25,33)(H,28,29)/t17-,21?,24?/m0/s1. The Kier molecular flexibility index (Phi) is 5.43. The quantitative estimate of drug-likeness (QED) is 0.449. The van der Waals surface area contributed by atoms with E-state index < -0.39 is 6.29 Å². The molecule has 172 valence electrons. The number of hydrogen-bond donors (Lipinski definition) is 4. The van der Waals surface area contributed by atoms with E-state index in [-0.39, 0.29) is 17.9 Å². The second-order valence-corrected chi connectivity index (χ2v) is 8.88. The molecule has 5 rings (SSSR count). The number of piperidine rings is 1. The average molecular weight is 447 g/mol. The van der Waals surface area contributed by atoms with E-state index in [1.54, 1.807) is 11.2 Å². The van der Waals surface area contributed by atoms with Crippen LogP contribution in [0, 0.1) is 12.8 Å². The number of nitrogens with one attached hydrogen (secondary N) is 1. The fourth-order valence-corrected chi connectivity index (χ4v) is 5.04. The molecule has 1 fully saturated rings. The van der Waals surface area contributed by atoms with Gasteiger partial charge < -0.3 is 15.5 Å². The number of H-pyrrole nitrogens is 1. The van der Waals surface area contributed by atoms with E-state index in [0.29, 0.717) is 13.1 Å². The number of hydrazine groups is 1. The summed E-state index contributed by atoms with van der Waals surface area (Å²) >= 11 is 0. The SMILES string of the molecule is Cc1ccccc1N1C[C@@H](C(N)=O)CCC1C1=CCN(c2ccc3cn[nH]c3c2)C(N)N1N. The van der Waals surface area contributed by atoms with Crippen molar-refractivity contribution in [1.82, 2.24) is 15.2 Å². The Bertz CT molecular complexity index is 1200. The molecule has 9 nitrogen and oxygen atoms in total. The average Bonchev–Trinajstić information content (AvgIpc) is 3.29. The van der Waals surface area contributed by atoms with Crippen molar-refractivity contribution in [1.29, 1.82) is 0 Å². The lowest BCUT2D eigenvalue weighted by Crippen LogP contribution is -2.63. The van der Waals surface area contributed by atoms with Crippen LogP contribution in [0.4, 0.5) is 11.4 Å². The van der Waals surface area contributed by atoms with E-state index in [1.165, 1.54) is 0 Å². The van der Waals surface area contributed by atoms with Crippen LogP contribution >= 0.6 is 0 Å². The van der Waals surface area contributed by atoms with Crippen LogP contribution in [0.3, 0.4) is 0 Å². The summed E-state index contributed by atoms with van der Waals surface area (Å²) in [7, 11) is 0. The summed E-state index contributed by atoms with van der Waals surface area (Å²) in [6, 6.07) is 14.3. The Hall–Kier alpha value is -3.56. The molecule has 0 radical (unpaired) electrons. The Balaban J connectivity index is 1.46. The Labute approximate surface area is 192 Å². The predicted molar refractivity (Wildman–Crippen MR) is 130 cm³/mol. The molecule has 1 aromatic heterocycles. The number of benzene rings is 2. The molecule has 1 saturated heterocycles. The van der Waals surface area contributed by atoms with Gasteiger partial charge in [-0.05, 0) is 55.7 Å². The zero-order valence-corrected chi connectivity index (χ0v) is 18.7. The molecule has 33 heavy (non-hydrogen) atoms. The van der Waals surface area contributed by atoms with Crippen LogP contribution < -0.4 is 27.1 Å². The van der Waals surface area contributed by atoms with Gasteiger partial charge in [0.15, 0.2) is 6.29 Å². The minimum atomic E-state index is -0.530. The molecule has 2 aliphatic heterocycles. The highest BCUT2D eigenvalue weighted by Gasteiger charge is 2.38. The molecular weight excluding hydrogens is 416 g/mol. The number of hydrogen-bond acceptors (Lipinski definition) is 7. The first-order chi connectivity index (χ1) is 15.9. The van der Waals surface area contributed by atoms with E-state index in [0.717, 1.165) is 46.4 Å². The fraction of sp³-hybridized carbons (Fsp3) is 0.333. The summed E-state index contributed by atoms with van der Waals surface area (Å²) in [4.78, 5) is 16.3. The Morgan fingerprint density at radius 2 is 1.97 bits per heavy atom. The van der Waals surface area contributed by atoms with Crippen molar-refractivity contribution >= 4 is 28.2 Å². The molecule has 0 aliphatic carbocycles. The number of nitrogens with zero attached hydrogens (tertiary/aromatic N) is 4. The fourth-order valence-electron chi connectivity index (χ4n) is 5.04. The molecular formula is C24H30N8O. The normalized spacial score (nSPS) is 23.7. The lowest BCUT2D eigenvalue weighted by molar-refractivity contribution is -0.122. The van der Waals surface area contributed by atoms with Gasteiger partial charge in [0.05, 0.1) is 29.4 Å². The summed E-state index contributed by atoms with van der Waals surface area (Å²) in [6.07, 6.45) is 4.90. The van der Waals surface area contributed by atoms with Crippen molar-refractivity contribution in [2.24, 2.45) is 23.2 Å². The number of anilines is 2. The van der Waals surface area contributed by atoms with Gasteiger partial charge in [-0.15, -0.1) is 0 Å². The number of primary amides is 1. The van der Waals surface area contributed by atoms with Crippen LogP contribution in [0.15, 0.2) is 60.4 Å². The lowest BCUT2D eigenvalue weighted by Gasteiger charge is -2.48. The molecule has 9 heteroatoms. The third-order valence-electron chi connectivity index (χ3n) is 6.91. The van der Waals surface area contributed by atoms with Crippen LogP contribution in [0.2, 0.25) is 0 Å². The highest BCUT2D eigenvalue weighted by atomic mass is 16.1. The number of nitrogens with two attached hydrogens (primary N) is 3. The van der Waals surface area contributed by atoms with E-state index in [1.807, 2.05) is 30.3 Å². The largest absolute Gasteiger partial charge is 0.369 e. The minimum absolute atomic E-state index is 0.00925. The topological polar surface area (TPSA) is 134 Å². The van der Waals surface area contributed by atoms with Gasteiger partial charge >= 0.3 is 0 Å². The number of amides is 1. The van der Waals surface area contributed by atoms with Crippen molar-refractivity contribution in [3.8, 4) is 0 Å². The van der Waals surface area contributed by atoms with Gasteiger partial charge in [0.2, 0.25) is 5.91 Å². The number of para-hydroxylation sites is 1. The van der Waals surface area contributed by atoms with Crippen molar-refractivity contribution in [3.63, 3.8) is 0 Å². The maximum atomic E-state index is 12.0. The molecule has 0 bridgehead atoms. The van der Waals surface area contributed by atoms with E-state index in [4.69, 9.17) is 17.3 Å².